The zero-order valence-corrected chi connectivity index (χ0v) is 17.4. The lowest BCUT2D eigenvalue weighted by molar-refractivity contribution is -0.132. The van der Waals surface area contributed by atoms with E-state index in [1.54, 1.807) is 31.2 Å². The third-order valence-corrected chi connectivity index (χ3v) is 5.39. The molecule has 164 valence electrons. The van der Waals surface area contributed by atoms with Crippen LogP contribution in [0.5, 0.6) is 11.6 Å². The maximum absolute atomic E-state index is 12.6. The molecule has 1 aliphatic heterocycles. The summed E-state index contributed by atoms with van der Waals surface area (Å²) in [6.07, 6.45) is 0.359. The number of rotatable bonds is 5. The number of aromatic hydroxyl groups is 2. The molecular formula is C23H22N4O5. The number of aromatic amines is 1. The largest absolute Gasteiger partial charge is 0.508 e. The van der Waals surface area contributed by atoms with E-state index in [4.69, 9.17) is 0 Å². The Bertz CT molecular complexity index is 1290. The molecule has 0 aliphatic carbocycles. The molecule has 3 N–H and O–H groups in total. The molecule has 4 rings (SSSR count). The van der Waals surface area contributed by atoms with Crippen molar-refractivity contribution in [1.82, 2.24) is 14.6 Å². The van der Waals surface area contributed by atoms with Gasteiger partial charge >= 0.3 is 5.69 Å². The fraction of sp³-hybridized carbons (Fsp3) is 0.217. The summed E-state index contributed by atoms with van der Waals surface area (Å²) in [5, 5.41) is 26.1. The molecule has 0 radical (unpaired) electrons. The van der Waals surface area contributed by atoms with Gasteiger partial charge < -0.3 is 10.2 Å². The number of hydrazone groups is 1. The van der Waals surface area contributed by atoms with E-state index >= 15 is 0 Å². The van der Waals surface area contributed by atoms with E-state index in [0.29, 0.717) is 0 Å². The van der Waals surface area contributed by atoms with E-state index in [2.05, 4.69) is 10.1 Å². The van der Waals surface area contributed by atoms with Crippen LogP contribution in [-0.2, 0) is 11.3 Å². The normalized spacial score (nSPS) is 15.6. The molecule has 1 amide bonds. The second-order valence-corrected chi connectivity index (χ2v) is 7.48. The van der Waals surface area contributed by atoms with E-state index in [0.717, 1.165) is 15.7 Å². The molecule has 9 nitrogen and oxygen atoms in total. The number of phenols is 1. The summed E-state index contributed by atoms with van der Waals surface area (Å²) >= 11 is 0. The highest BCUT2D eigenvalue weighted by Crippen LogP contribution is 2.34. The smallest absolute Gasteiger partial charge is 0.331 e. The average molecular weight is 434 g/mol. The number of hydrogen-bond acceptors (Lipinski definition) is 6. The minimum Gasteiger partial charge on any atom is -0.508 e. The van der Waals surface area contributed by atoms with Crippen LogP contribution in [0.1, 0.15) is 42.5 Å². The highest BCUT2D eigenvalue weighted by molar-refractivity contribution is 6.04. The topological polar surface area (TPSA) is 128 Å². The van der Waals surface area contributed by atoms with Crippen LogP contribution >= 0.6 is 0 Å². The minimum absolute atomic E-state index is 0.0571. The predicted octanol–water partition coefficient (Wildman–Crippen LogP) is 2.08. The second-order valence-electron chi connectivity index (χ2n) is 7.48. The van der Waals surface area contributed by atoms with Crippen molar-refractivity contribution in [2.24, 2.45) is 5.10 Å². The predicted molar refractivity (Wildman–Crippen MR) is 118 cm³/mol. The van der Waals surface area contributed by atoms with Gasteiger partial charge in [0, 0.05) is 12.8 Å². The molecule has 1 atom stereocenters. The van der Waals surface area contributed by atoms with Crippen LogP contribution in [0.25, 0.3) is 0 Å². The number of benzene rings is 2. The maximum Gasteiger partial charge on any atom is 0.331 e. The molecule has 9 heteroatoms. The van der Waals surface area contributed by atoms with Crippen molar-refractivity contribution in [3.63, 3.8) is 0 Å². The Balaban J connectivity index is 1.77. The van der Waals surface area contributed by atoms with Crippen molar-refractivity contribution in [1.29, 1.82) is 0 Å². The van der Waals surface area contributed by atoms with Crippen LogP contribution in [0.4, 0.5) is 0 Å². The van der Waals surface area contributed by atoms with Crippen LogP contribution < -0.4 is 11.2 Å². The van der Waals surface area contributed by atoms with E-state index in [1.165, 1.54) is 17.1 Å². The standard InChI is InChI=1S/C23H22N4O5/c1-2-19(29)27-18(15-8-10-16(28)11-9-15)12-17(25-27)20-21(30)24-23(32)26(22(20)31)13-14-6-4-3-5-7-14/h3-11,18,28,31H,2,12-13H2,1H3,(H,24,30,32)/t18-/m0/s1. The molecule has 0 bridgehead atoms. The number of carbonyl (C=O) groups excluding carboxylic acids is 1. The van der Waals surface area contributed by atoms with Gasteiger partial charge in [-0.25, -0.2) is 9.80 Å². The number of aromatic nitrogens is 2. The summed E-state index contributed by atoms with van der Waals surface area (Å²) in [7, 11) is 0. The van der Waals surface area contributed by atoms with E-state index < -0.39 is 23.2 Å². The van der Waals surface area contributed by atoms with Crippen molar-refractivity contribution in [2.45, 2.75) is 32.4 Å². The van der Waals surface area contributed by atoms with Gasteiger partial charge in [0.2, 0.25) is 11.8 Å². The number of nitrogens with one attached hydrogen (secondary N) is 1. The minimum atomic E-state index is -0.772. The van der Waals surface area contributed by atoms with Crippen molar-refractivity contribution < 1.29 is 15.0 Å². The molecule has 0 spiro atoms. The molecule has 2 heterocycles. The first-order valence-corrected chi connectivity index (χ1v) is 10.2. The quantitative estimate of drug-likeness (QED) is 0.566. The molecule has 0 fully saturated rings. The first-order chi connectivity index (χ1) is 15.4. The van der Waals surface area contributed by atoms with Gasteiger partial charge in [0.25, 0.3) is 5.56 Å². The van der Waals surface area contributed by atoms with Crippen LogP contribution in [0.15, 0.2) is 69.3 Å². The Labute approximate surface area is 182 Å². The Morgan fingerprint density at radius 1 is 1.09 bits per heavy atom. The van der Waals surface area contributed by atoms with Gasteiger partial charge in [0.1, 0.15) is 11.3 Å². The number of amides is 1. The Morgan fingerprint density at radius 2 is 1.78 bits per heavy atom. The fourth-order valence-corrected chi connectivity index (χ4v) is 3.74. The van der Waals surface area contributed by atoms with Gasteiger partial charge in [0.05, 0.1) is 18.3 Å². The van der Waals surface area contributed by atoms with Crippen molar-refractivity contribution in [3.05, 3.63) is 92.1 Å². The summed E-state index contributed by atoms with van der Waals surface area (Å²) < 4.78 is 1.06. The van der Waals surface area contributed by atoms with Gasteiger partial charge in [-0.3, -0.25) is 19.1 Å². The zero-order valence-electron chi connectivity index (χ0n) is 17.4. The summed E-state index contributed by atoms with van der Waals surface area (Å²) in [5.41, 5.74) is 0.0279. The second kappa shape index (κ2) is 8.54. The highest BCUT2D eigenvalue weighted by Gasteiger charge is 2.35. The highest BCUT2D eigenvalue weighted by atomic mass is 16.3. The van der Waals surface area contributed by atoms with Crippen molar-refractivity contribution >= 4 is 11.6 Å². The monoisotopic (exact) mass is 434 g/mol. The number of hydrogen-bond donors (Lipinski definition) is 3. The van der Waals surface area contributed by atoms with E-state index in [1.807, 2.05) is 18.2 Å². The van der Waals surface area contributed by atoms with Gasteiger partial charge in [-0.1, -0.05) is 49.4 Å². The lowest BCUT2D eigenvalue weighted by Gasteiger charge is -2.21. The molecule has 0 saturated heterocycles. The van der Waals surface area contributed by atoms with Crippen molar-refractivity contribution in [3.8, 4) is 11.6 Å². The van der Waals surface area contributed by atoms with Gasteiger partial charge in [-0.15, -0.1) is 0 Å². The summed E-state index contributed by atoms with van der Waals surface area (Å²) in [5.74, 6) is -0.674. The first kappa shape index (κ1) is 21.1. The number of phenolic OH excluding ortho intramolecular Hbond substituents is 1. The summed E-state index contributed by atoms with van der Waals surface area (Å²) in [4.78, 5) is 39.8. The lowest BCUT2D eigenvalue weighted by atomic mass is 9.99. The zero-order chi connectivity index (χ0) is 22.8. The van der Waals surface area contributed by atoms with Gasteiger partial charge in [-0.2, -0.15) is 5.10 Å². The summed E-state index contributed by atoms with van der Waals surface area (Å²) in [6.45, 7) is 1.76. The Kier molecular flexibility index (Phi) is 5.63. The number of nitrogens with zero attached hydrogens (tertiary/aromatic N) is 3. The van der Waals surface area contributed by atoms with E-state index in [-0.39, 0.29) is 42.3 Å². The first-order valence-electron chi connectivity index (χ1n) is 10.2. The van der Waals surface area contributed by atoms with Crippen molar-refractivity contribution in [2.75, 3.05) is 0 Å². The van der Waals surface area contributed by atoms with E-state index in [9.17, 15) is 24.6 Å². The molecule has 32 heavy (non-hydrogen) atoms. The maximum atomic E-state index is 12.6. The third-order valence-electron chi connectivity index (χ3n) is 5.39. The molecule has 3 aromatic rings. The van der Waals surface area contributed by atoms with Gasteiger partial charge in [0.15, 0.2) is 0 Å². The number of carbonyl (C=O) groups is 1. The Morgan fingerprint density at radius 3 is 2.44 bits per heavy atom. The molecule has 0 unspecified atom stereocenters. The molecule has 1 aromatic heterocycles. The Hall–Kier alpha value is -4.14. The van der Waals surface area contributed by atoms with Crippen LogP contribution in [0, 0.1) is 0 Å². The average Bonchev–Trinajstić information content (AvgIpc) is 3.22. The van der Waals surface area contributed by atoms with Crippen LogP contribution in [-0.4, -0.2) is 36.4 Å². The SMILES string of the molecule is CCC(=O)N1N=C(c2c(O)n(Cc3ccccc3)c(=O)[nH]c2=O)C[C@H]1c1ccc(O)cc1. The van der Waals surface area contributed by atoms with Crippen LogP contribution in [0.2, 0.25) is 0 Å². The molecule has 0 saturated carbocycles. The third kappa shape index (κ3) is 3.92. The molecule has 1 aliphatic rings. The van der Waals surface area contributed by atoms with Gasteiger partial charge in [-0.05, 0) is 23.3 Å². The summed E-state index contributed by atoms with van der Waals surface area (Å²) in [6, 6.07) is 14.9. The number of H-pyrrole nitrogens is 1. The molecular weight excluding hydrogens is 412 g/mol. The lowest BCUT2D eigenvalue weighted by Crippen LogP contribution is -2.34. The van der Waals surface area contributed by atoms with Crippen LogP contribution in [0.3, 0.4) is 0 Å². The molecule has 2 aromatic carbocycles. The fourth-order valence-electron chi connectivity index (χ4n) is 3.74.